The summed E-state index contributed by atoms with van der Waals surface area (Å²) < 4.78 is 0. The largest absolute Gasteiger partial charge is 0.481 e. The molecule has 0 bridgehead atoms. The van der Waals surface area contributed by atoms with Gasteiger partial charge in [-0.3, -0.25) is 24.0 Å². The predicted molar refractivity (Wildman–Crippen MR) is 80.4 cm³/mol. The number of rotatable bonds is 11. The molecular weight excluding hydrogens is 324 g/mol. The summed E-state index contributed by atoms with van der Waals surface area (Å²) in [4.78, 5) is 56.1. The number of amides is 3. The summed E-state index contributed by atoms with van der Waals surface area (Å²) in [6.07, 6.45) is -0.965. The van der Waals surface area contributed by atoms with Crippen LogP contribution in [0.1, 0.15) is 32.6 Å². The topological polar surface area (TPSA) is 202 Å². The van der Waals surface area contributed by atoms with E-state index in [9.17, 15) is 24.0 Å². The number of primary amides is 1. The normalized spacial score (nSPS) is 14.1. The Morgan fingerprint density at radius 3 is 1.92 bits per heavy atom. The molecule has 24 heavy (non-hydrogen) atoms. The van der Waals surface area contributed by atoms with Crippen molar-refractivity contribution in [3.8, 4) is 0 Å². The molecule has 3 amide bonds. The number of nitrogens with one attached hydrogen (secondary N) is 2. The Hall–Kier alpha value is -2.69. The summed E-state index contributed by atoms with van der Waals surface area (Å²) in [7, 11) is 0. The highest BCUT2D eigenvalue weighted by Gasteiger charge is 2.27. The summed E-state index contributed by atoms with van der Waals surface area (Å²) in [5, 5.41) is 21.7. The lowest BCUT2D eigenvalue weighted by Crippen LogP contribution is -2.55. The molecule has 0 aliphatic heterocycles. The van der Waals surface area contributed by atoms with Crippen LogP contribution in [0.2, 0.25) is 0 Å². The molecule has 0 aromatic heterocycles. The maximum absolute atomic E-state index is 12.0. The third-order valence-corrected chi connectivity index (χ3v) is 3.09. The van der Waals surface area contributed by atoms with Crippen molar-refractivity contribution in [1.82, 2.24) is 10.6 Å². The third-order valence-electron chi connectivity index (χ3n) is 3.09. The van der Waals surface area contributed by atoms with E-state index in [-0.39, 0.29) is 19.3 Å². The van der Waals surface area contributed by atoms with Gasteiger partial charge in [0.15, 0.2) is 0 Å². The van der Waals surface area contributed by atoms with Crippen molar-refractivity contribution in [2.75, 3.05) is 0 Å². The predicted octanol–water partition coefficient (Wildman–Crippen LogP) is -2.48. The van der Waals surface area contributed by atoms with Gasteiger partial charge in [0, 0.05) is 6.42 Å². The van der Waals surface area contributed by atoms with Crippen LogP contribution >= 0.6 is 0 Å². The first-order valence-corrected chi connectivity index (χ1v) is 7.17. The summed E-state index contributed by atoms with van der Waals surface area (Å²) in [5.41, 5.74) is 10.5. The van der Waals surface area contributed by atoms with Crippen LogP contribution in [-0.2, 0) is 24.0 Å². The molecule has 0 aromatic carbocycles. The van der Waals surface area contributed by atoms with Gasteiger partial charge in [0.05, 0.1) is 12.5 Å². The van der Waals surface area contributed by atoms with Crippen LogP contribution in [0.15, 0.2) is 0 Å². The second-order valence-electron chi connectivity index (χ2n) is 5.07. The van der Waals surface area contributed by atoms with Gasteiger partial charge in [0.2, 0.25) is 17.7 Å². The van der Waals surface area contributed by atoms with E-state index >= 15 is 0 Å². The van der Waals surface area contributed by atoms with Crippen molar-refractivity contribution in [1.29, 1.82) is 0 Å². The standard InChI is InChI=1S/C13H22N4O7/c1-2-7(16-12(23)6(14)3-4-9(18)19)13(24)17-8(11(15)22)5-10(20)21/h6-8H,2-5,14H2,1H3,(H2,15,22)(H,16,23)(H,17,24)(H,18,19)(H,20,21)/t6-,7+,8+/m0/s1. The zero-order valence-corrected chi connectivity index (χ0v) is 13.2. The van der Waals surface area contributed by atoms with Crippen LogP contribution in [0.3, 0.4) is 0 Å². The number of hydrogen-bond acceptors (Lipinski definition) is 6. The fraction of sp³-hybridized carbons (Fsp3) is 0.615. The van der Waals surface area contributed by atoms with Crippen molar-refractivity contribution in [3.63, 3.8) is 0 Å². The molecule has 3 atom stereocenters. The fourth-order valence-electron chi connectivity index (χ4n) is 1.71. The highest BCUT2D eigenvalue weighted by molar-refractivity contribution is 5.94. The van der Waals surface area contributed by atoms with Crippen LogP contribution < -0.4 is 22.1 Å². The molecule has 0 heterocycles. The molecule has 0 aromatic rings. The molecule has 8 N–H and O–H groups in total. The van der Waals surface area contributed by atoms with E-state index < -0.39 is 54.2 Å². The van der Waals surface area contributed by atoms with Crippen molar-refractivity contribution < 1.29 is 34.2 Å². The van der Waals surface area contributed by atoms with Crippen LogP contribution in [-0.4, -0.2) is 58.0 Å². The van der Waals surface area contributed by atoms with Gasteiger partial charge in [-0.1, -0.05) is 6.92 Å². The minimum absolute atomic E-state index is 0.109. The Balaban J connectivity index is 4.73. The Kier molecular flexibility index (Phi) is 9.02. The molecule has 0 radical (unpaired) electrons. The number of carbonyl (C=O) groups is 5. The van der Waals surface area contributed by atoms with Gasteiger partial charge in [-0.05, 0) is 12.8 Å². The van der Waals surface area contributed by atoms with E-state index in [0.29, 0.717) is 0 Å². The first-order chi connectivity index (χ1) is 11.1. The van der Waals surface area contributed by atoms with Crippen molar-refractivity contribution in [2.45, 2.75) is 50.7 Å². The second-order valence-corrected chi connectivity index (χ2v) is 5.07. The molecule has 0 aliphatic carbocycles. The minimum atomic E-state index is -1.42. The molecule has 11 nitrogen and oxygen atoms in total. The lowest BCUT2D eigenvalue weighted by atomic mass is 10.1. The van der Waals surface area contributed by atoms with Crippen molar-refractivity contribution >= 4 is 29.7 Å². The minimum Gasteiger partial charge on any atom is -0.481 e. The molecular formula is C13H22N4O7. The maximum atomic E-state index is 12.0. The number of hydrogen-bond donors (Lipinski definition) is 6. The van der Waals surface area contributed by atoms with Crippen LogP contribution in [0.5, 0.6) is 0 Å². The third kappa shape index (κ3) is 8.08. The maximum Gasteiger partial charge on any atom is 0.305 e. The number of carboxylic acids is 2. The first kappa shape index (κ1) is 21.3. The lowest BCUT2D eigenvalue weighted by molar-refractivity contribution is -0.140. The summed E-state index contributed by atoms with van der Waals surface area (Å²) in [6, 6.07) is -3.60. The number of aliphatic carboxylic acids is 2. The second kappa shape index (κ2) is 10.2. The Labute approximate surface area is 137 Å². The summed E-state index contributed by atoms with van der Waals surface area (Å²) in [6.45, 7) is 1.57. The highest BCUT2D eigenvalue weighted by Crippen LogP contribution is 2.00. The zero-order chi connectivity index (χ0) is 18.9. The van der Waals surface area contributed by atoms with E-state index in [2.05, 4.69) is 10.6 Å². The highest BCUT2D eigenvalue weighted by atomic mass is 16.4. The number of carbonyl (C=O) groups excluding carboxylic acids is 3. The lowest BCUT2D eigenvalue weighted by Gasteiger charge is -2.21. The van der Waals surface area contributed by atoms with E-state index in [0.717, 1.165) is 0 Å². The van der Waals surface area contributed by atoms with Gasteiger partial charge in [0.25, 0.3) is 0 Å². The Bertz CT molecular complexity index is 509. The van der Waals surface area contributed by atoms with Gasteiger partial charge >= 0.3 is 11.9 Å². The van der Waals surface area contributed by atoms with Crippen LogP contribution in [0.4, 0.5) is 0 Å². The molecule has 0 spiro atoms. The quantitative estimate of drug-likeness (QED) is 0.236. The molecule has 11 heteroatoms. The Morgan fingerprint density at radius 2 is 1.50 bits per heavy atom. The van der Waals surface area contributed by atoms with Gasteiger partial charge in [-0.25, -0.2) is 0 Å². The molecule has 0 saturated heterocycles. The van der Waals surface area contributed by atoms with E-state index in [4.69, 9.17) is 21.7 Å². The fourth-order valence-corrected chi connectivity index (χ4v) is 1.71. The molecule has 136 valence electrons. The SMILES string of the molecule is CC[C@@H](NC(=O)[C@@H](N)CCC(=O)O)C(=O)N[C@H](CC(=O)O)C(N)=O. The summed E-state index contributed by atoms with van der Waals surface area (Å²) in [5.74, 6) is -4.98. The van der Waals surface area contributed by atoms with E-state index in [1.165, 1.54) is 0 Å². The summed E-state index contributed by atoms with van der Waals surface area (Å²) >= 11 is 0. The van der Waals surface area contributed by atoms with Crippen molar-refractivity contribution in [3.05, 3.63) is 0 Å². The van der Waals surface area contributed by atoms with Gasteiger partial charge in [0.1, 0.15) is 12.1 Å². The average Bonchev–Trinajstić information content (AvgIpc) is 2.48. The molecule has 0 saturated carbocycles. The zero-order valence-electron chi connectivity index (χ0n) is 13.2. The molecule has 0 fully saturated rings. The Morgan fingerprint density at radius 1 is 0.958 bits per heavy atom. The van der Waals surface area contributed by atoms with Gasteiger partial charge in [-0.15, -0.1) is 0 Å². The molecule has 0 aliphatic rings. The molecule has 0 rings (SSSR count). The van der Waals surface area contributed by atoms with Gasteiger partial charge < -0.3 is 32.3 Å². The molecule has 0 unspecified atom stereocenters. The average molecular weight is 346 g/mol. The van der Waals surface area contributed by atoms with Crippen molar-refractivity contribution in [2.24, 2.45) is 11.5 Å². The smallest absolute Gasteiger partial charge is 0.305 e. The monoisotopic (exact) mass is 346 g/mol. The van der Waals surface area contributed by atoms with Crippen LogP contribution in [0, 0.1) is 0 Å². The number of carboxylic acid groups (broad SMARTS) is 2. The number of nitrogens with two attached hydrogens (primary N) is 2. The van der Waals surface area contributed by atoms with Crippen LogP contribution in [0.25, 0.3) is 0 Å². The van der Waals surface area contributed by atoms with Gasteiger partial charge in [-0.2, -0.15) is 0 Å². The first-order valence-electron chi connectivity index (χ1n) is 7.17. The van der Waals surface area contributed by atoms with E-state index in [1.807, 2.05) is 0 Å². The van der Waals surface area contributed by atoms with E-state index in [1.54, 1.807) is 6.92 Å².